The lowest BCUT2D eigenvalue weighted by atomic mass is 9.51. The molecule has 2 saturated heterocycles. The molecule has 4 aliphatic rings. The highest BCUT2D eigenvalue weighted by Crippen LogP contribution is 2.63. The van der Waals surface area contributed by atoms with E-state index in [0.29, 0.717) is 18.5 Å². The molecule has 2 aromatic rings. The average molecular weight is 471 g/mol. The number of para-hydroxylation sites is 1. The summed E-state index contributed by atoms with van der Waals surface area (Å²) in [5, 5.41) is 10.3. The van der Waals surface area contributed by atoms with Gasteiger partial charge in [-0.1, -0.05) is 42.0 Å². The first-order valence-electron chi connectivity index (χ1n) is 12.0. The van der Waals surface area contributed by atoms with Crippen LogP contribution >= 0.6 is 0 Å². The lowest BCUT2D eigenvalue weighted by Crippen LogP contribution is -2.48. The number of anilines is 1. The second-order valence-corrected chi connectivity index (χ2v) is 10.3. The topological polar surface area (TPSA) is 95.0 Å². The minimum atomic E-state index is -1.09. The molecule has 178 valence electrons. The molecular weight excluding hydrogens is 444 g/mol. The van der Waals surface area contributed by atoms with Crippen LogP contribution in [0.1, 0.15) is 31.2 Å². The highest BCUT2D eigenvalue weighted by atomic mass is 16.3. The van der Waals surface area contributed by atoms with Gasteiger partial charge in [0.1, 0.15) is 5.75 Å². The third kappa shape index (κ3) is 2.78. The molecule has 7 nitrogen and oxygen atoms in total. The maximum atomic E-state index is 14.1. The molecule has 1 N–H and O–H groups in total. The number of allylic oxidation sites excluding steroid dienone is 2. The number of amides is 4. The maximum absolute atomic E-state index is 14.1. The quantitative estimate of drug-likeness (QED) is 0.537. The molecule has 35 heavy (non-hydrogen) atoms. The predicted octanol–water partition coefficient (Wildman–Crippen LogP) is 3.25. The van der Waals surface area contributed by atoms with Gasteiger partial charge in [-0.05, 0) is 55.5 Å². The Morgan fingerprint density at radius 1 is 0.914 bits per heavy atom. The summed E-state index contributed by atoms with van der Waals surface area (Å²) in [5.41, 5.74) is 1.08. The lowest BCUT2D eigenvalue weighted by molar-refractivity contribution is -0.138. The fraction of sp³-hybridized carbons (Fsp3) is 0.357. The zero-order valence-electron chi connectivity index (χ0n) is 19.5. The van der Waals surface area contributed by atoms with Crippen LogP contribution in [0.3, 0.4) is 0 Å². The predicted molar refractivity (Wildman–Crippen MR) is 127 cm³/mol. The first-order valence-corrected chi connectivity index (χ1v) is 12.0. The van der Waals surface area contributed by atoms with Gasteiger partial charge in [-0.25, -0.2) is 4.90 Å². The average Bonchev–Trinajstić information content (AvgIpc) is 3.19. The number of benzene rings is 2. The van der Waals surface area contributed by atoms with Crippen LogP contribution in [-0.4, -0.2) is 40.7 Å². The molecule has 1 saturated carbocycles. The number of aromatic hydroxyl groups is 1. The molecule has 0 radical (unpaired) electrons. The Hall–Kier alpha value is -3.74. The second-order valence-electron chi connectivity index (χ2n) is 10.3. The minimum absolute atomic E-state index is 0.0719. The van der Waals surface area contributed by atoms with Crippen molar-refractivity contribution >= 4 is 29.3 Å². The number of phenols is 1. The molecule has 2 aromatic carbocycles. The van der Waals surface area contributed by atoms with Crippen molar-refractivity contribution in [3.63, 3.8) is 0 Å². The van der Waals surface area contributed by atoms with Crippen molar-refractivity contribution in [2.24, 2.45) is 29.1 Å². The fourth-order valence-electron chi connectivity index (χ4n) is 7.08. The van der Waals surface area contributed by atoms with Crippen LogP contribution in [0.15, 0.2) is 66.2 Å². The number of nitrogens with zero attached hydrogens (tertiary/aromatic N) is 2. The number of carbonyl (C=O) groups excluding carboxylic acids is 4. The van der Waals surface area contributed by atoms with E-state index in [1.165, 1.54) is 16.8 Å². The SMILES string of the molecule is CN1C(=O)C2CC=C3C(CC4C(=O)N(c5ccccc5)C(=O)C4(C)C3c3cccc(O)c3)C2C1=O. The van der Waals surface area contributed by atoms with E-state index in [4.69, 9.17) is 0 Å². The molecule has 0 aromatic heterocycles. The Kier molecular flexibility index (Phi) is 4.59. The largest absolute Gasteiger partial charge is 0.508 e. The number of phenolic OH excluding ortho intramolecular Hbond substituents is 1. The van der Waals surface area contributed by atoms with Crippen LogP contribution in [0, 0.1) is 29.1 Å². The summed E-state index contributed by atoms with van der Waals surface area (Å²) in [6.07, 6.45) is 2.76. The monoisotopic (exact) mass is 470 g/mol. The van der Waals surface area contributed by atoms with Crippen LogP contribution in [-0.2, 0) is 19.2 Å². The van der Waals surface area contributed by atoms with Crippen LogP contribution in [0.2, 0.25) is 0 Å². The molecule has 6 unspecified atom stereocenters. The van der Waals surface area contributed by atoms with Crippen LogP contribution in [0.5, 0.6) is 5.75 Å². The van der Waals surface area contributed by atoms with Gasteiger partial charge in [-0.3, -0.25) is 24.1 Å². The summed E-state index contributed by atoms with van der Waals surface area (Å²) in [6.45, 7) is 1.84. The number of imide groups is 2. The van der Waals surface area contributed by atoms with Gasteiger partial charge in [0.25, 0.3) is 0 Å². The van der Waals surface area contributed by atoms with Crippen molar-refractivity contribution in [2.75, 3.05) is 11.9 Å². The van der Waals surface area contributed by atoms with Crippen LogP contribution in [0.4, 0.5) is 5.69 Å². The summed E-state index contributed by atoms with van der Waals surface area (Å²) in [5.74, 6) is -3.34. The molecule has 2 aliphatic carbocycles. The summed E-state index contributed by atoms with van der Waals surface area (Å²) >= 11 is 0. The van der Waals surface area contributed by atoms with E-state index in [-0.39, 0.29) is 35.3 Å². The zero-order chi connectivity index (χ0) is 24.6. The molecule has 6 rings (SSSR count). The number of rotatable bonds is 2. The number of carbonyl (C=O) groups is 4. The van der Waals surface area contributed by atoms with E-state index in [1.807, 2.05) is 25.1 Å². The van der Waals surface area contributed by atoms with E-state index in [9.17, 15) is 24.3 Å². The maximum Gasteiger partial charge on any atom is 0.241 e. The minimum Gasteiger partial charge on any atom is -0.508 e. The summed E-state index contributed by atoms with van der Waals surface area (Å²) in [7, 11) is 1.52. The van der Waals surface area contributed by atoms with E-state index < -0.39 is 29.1 Å². The van der Waals surface area contributed by atoms with Crippen molar-refractivity contribution < 1.29 is 24.3 Å². The third-order valence-electron chi connectivity index (χ3n) is 8.71. The lowest BCUT2D eigenvalue weighted by Gasteiger charge is -2.49. The van der Waals surface area contributed by atoms with E-state index in [1.54, 1.807) is 42.5 Å². The molecule has 3 fully saturated rings. The van der Waals surface area contributed by atoms with Crippen molar-refractivity contribution in [3.8, 4) is 5.75 Å². The summed E-state index contributed by atoms with van der Waals surface area (Å²) in [4.78, 5) is 56.4. The first kappa shape index (κ1) is 21.8. The molecule has 0 spiro atoms. The highest BCUT2D eigenvalue weighted by molar-refractivity contribution is 6.24. The summed E-state index contributed by atoms with van der Waals surface area (Å²) in [6, 6.07) is 15.7. The van der Waals surface area contributed by atoms with Crippen LogP contribution < -0.4 is 4.90 Å². The molecular formula is C28H26N2O5. The molecule has 4 amide bonds. The smallest absolute Gasteiger partial charge is 0.241 e. The normalized spacial score (nSPS) is 34.0. The number of hydrogen-bond acceptors (Lipinski definition) is 5. The highest BCUT2D eigenvalue weighted by Gasteiger charge is 2.67. The van der Waals surface area contributed by atoms with Crippen molar-refractivity contribution in [1.29, 1.82) is 0 Å². The van der Waals surface area contributed by atoms with Gasteiger partial charge < -0.3 is 5.11 Å². The van der Waals surface area contributed by atoms with Gasteiger partial charge in [0, 0.05) is 13.0 Å². The standard InChI is InChI=1S/C28H26N2O5/c1-28-21(25(33)30(27(28)35)16-8-4-3-5-9-16)14-20-18(23(28)15-7-6-10-17(31)13-15)11-12-19-22(20)26(34)29(2)24(19)32/h3-11,13,19-23,31H,12,14H2,1-2H3. The molecule has 7 heteroatoms. The van der Waals surface area contributed by atoms with E-state index in [2.05, 4.69) is 0 Å². The molecule has 2 heterocycles. The van der Waals surface area contributed by atoms with Gasteiger partial charge in [-0.2, -0.15) is 0 Å². The van der Waals surface area contributed by atoms with Gasteiger partial charge >= 0.3 is 0 Å². The first-order chi connectivity index (χ1) is 16.7. The number of fused-ring (bicyclic) bond motifs is 4. The Balaban J connectivity index is 1.54. The molecule has 0 bridgehead atoms. The van der Waals surface area contributed by atoms with Gasteiger partial charge in [-0.15, -0.1) is 0 Å². The Labute approximate surface area is 203 Å². The van der Waals surface area contributed by atoms with Crippen molar-refractivity contribution in [1.82, 2.24) is 4.90 Å². The Morgan fingerprint density at radius 2 is 1.66 bits per heavy atom. The van der Waals surface area contributed by atoms with E-state index in [0.717, 1.165) is 11.1 Å². The fourth-order valence-corrected chi connectivity index (χ4v) is 7.08. The zero-order valence-corrected chi connectivity index (χ0v) is 19.5. The Bertz CT molecular complexity index is 1320. The number of likely N-dealkylation sites (tertiary alicyclic amines) is 1. The van der Waals surface area contributed by atoms with Crippen molar-refractivity contribution in [2.45, 2.75) is 25.7 Å². The molecule has 6 atom stereocenters. The van der Waals surface area contributed by atoms with Gasteiger partial charge in [0.15, 0.2) is 0 Å². The van der Waals surface area contributed by atoms with Gasteiger partial charge in [0.2, 0.25) is 23.6 Å². The van der Waals surface area contributed by atoms with E-state index >= 15 is 0 Å². The molecule has 2 aliphatic heterocycles. The van der Waals surface area contributed by atoms with Crippen molar-refractivity contribution in [3.05, 3.63) is 71.8 Å². The second kappa shape index (κ2) is 7.38. The van der Waals surface area contributed by atoms with Gasteiger partial charge in [0.05, 0.1) is 28.9 Å². The van der Waals surface area contributed by atoms with Crippen LogP contribution in [0.25, 0.3) is 0 Å². The number of hydrogen-bond donors (Lipinski definition) is 1. The Morgan fingerprint density at radius 3 is 2.37 bits per heavy atom. The summed E-state index contributed by atoms with van der Waals surface area (Å²) < 4.78 is 0. The third-order valence-corrected chi connectivity index (χ3v) is 8.71.